The molecule has 0 unspecified atom stereocenters. The number of aryl methyl sites for hydroxylation is 1. The number of hydrogen-bond acceptors (Lipinski definition) is 3. The average molecular weight is 490 g/mol. The molecule has 0 radical (unpaired) electrons. The van der Waals surface area contributed by atoms with Crippen molar-refractivity contribution in [3.05, 3.63) is 74.7 Å². The summed E-state index contributed by atoms with van der Waals surface area (Å²) in [5.41, 5.74) is 5.16. The van der Waals surface area contributed by atoms with Gasteiger partial charge in [-0.15, -0.1) is 0 Å². The summed E-state index contributed by atoms with van der Waals surface area (Å²) in [6.45, 7) is 1.80. The van der Waals surface area contributed by atoms with E-state index < -0.39 is 0 Å². The SMILES string of the molecule is C/C(=N\NC(=O)CCc1ccc2ccccc2c1)c1cc(Br)c(O)c(Br)c1. The summed E-state index contributed by atoms with van der Waals surface area (Å²) < 4.78 is 1.12. The molecule has 0 heterocycles. The maximum atomic E-state index is 12.1. The van der Waals surface area contributed by atoms with Crippen LogP contribution in [0.15, 0.2) is 68.6 Å². The van der Waals surface area contributed by atoms with Crippen LogP contribution in [0.4, 0.5) is 0 Å². The Morgan fingerprint density at radius 2 is 1.70 bits per heavy atom. The van der Waals surface area contributed by atoms with Crippen molar-refractivity contribution in [3.8, 4) is 5.75 Å². The molecule has 0 fully saturated rings. The van der Waals surface area contributed by atoms with Crippen LogP contribution in [-0.4, -0.2) is 16.7 Å². The summed E-state index contributed by atoms with van der Waals surface area (Å²) in [6, 6.07) is 17.9. The number of phenols is 1. The van der Waals surface area contributed by atoms with Gasteiger partial charge in [0.1, 0.15) is 5.75 Å². The van der Waals surface area contributed by atoms with Gasteiger partial charge < -0.3 is 5.11 Å². The molecule has 0 aliphatic rings. The van der Waals surface area contributed by atoms with Crippen LogP contribution in [0.1, 0.15) is 24.5 Å². The fourth-order valence-corrected chi connectivity index (χ4v) is 3.88. The van der Waals surface area contributed by atoms with Crippen molar-refractivity contribution >= 4 is 54.3 Å². The first kappa shape index (κ1) is 19.6. The van der Waals surface area contributed by atoms with Gasteiger partial charge in [-0.25, -0.2) is 5.43 Å². The monoisotopic (exact) mass is 488 g/mol. The van der Waals surface area contributed by atoms with Gasteiger partial charge in [0.25, 0.3) is 0 Å². The van der Waals surface area contributed by atoms with Gasteiger partial charge in [0.15, 0.2) is 0 Å². The smallest absolute Gasteiger partial charge is 0.240 e. The Bertz CT molecular complexity index is 1010. The number of benzene rings is 3. The van der Waals surface area contributed by atoms with Crippen LogP contribution in [0.5, 0.6) is 5.75 Å². The van der Waals surface area contributed by atoms with Crippen LogP contribution < -0.4 is 5.43 Å². The number of halogens is 2. The standard InChI is InChI=1S/C21H18Br2N2O2/c1-13(17-11-18(22)21(27)19(23)12-17)24-25-20(26)9-7-14-6-8-15-4-2-3-5-16(15)10-14/h2-6,8,10-12,27H,7,9H2,1H3,(H,25,26)/b24-13+. The lowest BCUT2D eigenvalue weighted by molar-refractivity contribution is -0.121. The molecule has 0 aromatic heterocycles. The quantitative estimate of drug-likeness (QED) is 0.365. The highest BCUT2D eigenvalue weighted by molar-refractivity contribution is 9.11. The Balaban J connectivity index is 1.60. The highest BCUT2D eigenvalue weighted by Gasteiger charge is 2.08. The van der Waals surface area contributed by atoms with E-state index in [2.05, 4.69) is 72.7 Å². The zero-order valence-electron chi connectivity index (χ0n) is 14.7. The molecule has 0 aliphatic heterocycles. The fourth-order valence-electron chi connectivity index (χ4n) is 2.69. The van der Waals surface area contributed by atoms with Gasteiger partial charge in [0, 0.05) is 6.42 Å². The molecule has 0 bridgehead atoms. The number of aromatic hydroxyl groups is 1. The minimum Gasteiger partial charge on any atom is -0.506 e. The highest BCUT2D eigenvalue weighted by atomic mass is 79.9. The van der Waals surface area contributed by atoms with E-state index in [4.69, 9.17) is 0 Å². The Labute approximate surface area is 174 Å². The maximum Gasteiger partial charge on any atom is 0.240 e. The largest absolute Gasteiger partial charge is 0.506 e. The van der Waals surface area contributed by atoms with Crippen molar-refractivity contribution in [3.63, 3.8) is 0 Å². The molecule has 27 heavy (non-hydrogen) atoms. The number of amides is 1. The lowest BCUT2D eigenvalue weighted by Crippen LogP contribution is -2.19. The Morgan fingerprint density at radius 3 is 2.41 bits per heavy atom. The van der Waals surface area contributed by atoms with E-state index in [0.29, 0.717) is 27.5 Å². The summed E-state index contributed by atoms with van der Waals surface area (Å²) in [6.07, 6.45) is 1.01. The molecular weight excluding hydrogens is 472 g/mol. The summed E-state index contributed by atoms with van der Waals surface area (Å²) >= 11 is 6.58. The number of hydrogen-bond donors (Lipinski definition) is 2. The van der Waals surface area contributed by atoms with Gasteiger partial charge in [-0.2, -0.15) is 5.10 Å². The van der Waals surface area contributed by atoms with Crippen LogP contribution >= 0.6 is 31.9 Å². The molecule has 0 atom stereocenters. The minimum absolute atomic E-state index is 0.131. The third-order valence-corrected chi connectivity index (χ3v) is 5.45. The fraction of sp³-hybridized carbons (Fsp3) is 0.143. The predicted molar refractivity (Wildman–Crippen MR) is 116 cm³/mol. The summed E-state index contributed by atoms with van der Waals surface area (Å²) in [7, 11) is 0. The van der Waals surface area contributed by atoms with Crippen LogP contribution in [-0.2, 0) is 11.2 Å². The number of phenolic OH excluding ortho intramolecular Hbond substituents is 1. The topological polar surface area (TPSA) is 61.7 Å². The van der Waals surface area contributed by atoms with Crippen LogP contribution in [0.3, 0.4) is 0 Å². The third kappa shape index (κ3) is 4.96. The van der Waals surface area contributed by atoms with Crippen molar-refractivity contribution in [2.24, 2.45) is 5.10 Å². The normalized spacial score (nSPS) is 11.6. The molecule has 3 aromatic carbocycles. The number of hydrazone groups is 1. The second kappa shape index (κ2) is 8.67. The molecule has 1 amide bonds. The second-order valence-corrected chi connectivity index (χ2v) is 7.91. The Morgan fingerprint density at radius 1 is 1.04 bits per heavy atom. The van der Waals surface area contributed by atoms with Crippen LogP contribution in [0.2, 0.25) is 0 Å². The molecule has 6 heteroatoms. The van der Waals surface area contributed by atoms with Gasteiger partial charge in [-0.3, -0.25) is 4.79 Å². The van der Waals surface area contributed by atoms with Crippen LogP contribution in [0, 0.1) is 0 Å². The van der Waals surface area contributed by atoms with Crippen molar-refractivity contribution in [2.75, 3.05) is 0 Å². The highest BCUT2D eigenvalue weighted by Crippen LogP contribution is 2.33. The maximum absolute atomic E-state index is 12.1. The number of nitrogens with zero attached hydrogens (tertiary/aromatic N) is 1. The number of nitrogens with one attached hydrogen (secondary N) is 1. The zero-order valence-corrected chi connectivity index (χ0v) is 17.8. The molecule has 3 rings (SSSR count). The summed E-state index contributed by atoms with van der Waals surface area (Å²) in [5.74, 6) is -0.00890. The van der Waals surface area contributed by atoms with Crippen molar-refractivity contribution in [1.82, 2.24) is 5.43 Å². The minimum atomic E-state index is -0.139. The van der Waals surface area contributed by atoms with E-state index in [-0.39, 0.29) is 11.7 Å². The average Bonchev–Trinajstić information content (AvgIpc) is 2.68. The van der Waals surface area contributed by atoms with Gasteiger partial charge >= 0.3 is 0 Å². The van der Waals surface area contributed by atoms with Crippen molar-refractivity contribution in [1.29, 1.82) is 0 Å². The van der Waals surface area contributed by atoms with Crippen molar-refractivity contribution < 1.29 is 9.90 Å². The lowest BCUT2D eigenvalue weighted by atomic mass is 10.0. The van der Waals surface area contributed by atoms with E-state index in [1.54, 1.807) is 19.1 Å². The Hall–Kier alpha value is -2.18. The molecule has 4 nitrogen and oxygen atoms in total. The van der Waals surface area contributed by atoms with Gasteiger partial charge in [-0.05, 0) is 79.2 Å². The summed E-state index contributed by atoms with van der Waals surface area (Å²) in [4.78, 5) is 12.1. The Kier molecular flexibility index (Phi) is 6.29. The van der Waals surface area contributed by atoms with Crippen molar-refractivity contribution in [2.45, 2.75) is 19.8 Å². The number of carbonyl (C=O) groups is 1. The van der Waals surface area contributed by atoms with E-state index in [1.807, 2.05) is 12.1 Å². The molecule has 0 spiro atoms. The van der Waals surface area contributed by atoms with Gasteiger partial charge in [0.2, 0.25) is 5.91 Å². The molecular formula is C21H18Br2N2O2. The van der Waals surface area contributed by atoms with Crippen LogP contribution in [0.25, 0.3) is 10.8 Å². The van der Waals surface area contributed by atoms with E-state index >= 15 is 0 Å². The first-order chi connectivity index (χ1) is 12.9. The van der Waals surface area contributed by atoms with Gasteiger partial charge in [0.05, 0.1) is 14.7 Å². The molecule has 0 saturated carbocycles. The first-order valence-corrected chi connectivity index (χ1v) is 10.0. The number of rotatable bonds is 5. The van der Waals surface area contributed by atoms with E-state index in [0.717, 1.165) is 11.1 Å². The predicted octanol–water partition coefficient (Wildman–Crippen LogP) is 5.54. The number of carbonyl (C=O) groups excluding carboxylic acids is 1. The second-order valence-electron chi connectivity index (χ2n) is 6.20. The van der Waals surface area contributed by atoms with E-state index in [9.17, 15) is 9.90 Å². The van der Waals surface area contributed by atoms with E-state index in [1.165, 1.54) is 10.8 Å². The first-order valence-electron chi connectivity index (χ1n) is 8.43. The molecule has 2 N–H and O–H groups in total. The summed E-state index contributed by atoms with van der Waals surface area (Å²) in [5, 5.41) is 16.3. The van der Waals surface area contributed by atoms with Gasteiger partial charge in [-0.1, -0.05) is 42.5 Å². The third-order valence-electron chi connectivity index (χ3n) is 4.24. The molecule has 0 saturated heterocycles. The zero-order chi connectivity index (χ0) is 19.4. The molecule has 138 valence electrons. The molecule has 3 aromatic rings. The lowest BCUT2D eigenvalue weighted by Gasteiger charge is -2.07. The number of fused-ring (bicyclic) bond motifs is 1. The molecule has 0 aliphatic carbocycles.